The number of phenolic OH excluding ortho intramolecular Hbond substituents is 1. The normalized spacial score (nSPS) is 20.0. The lowest BCUT2D eigenvalue weighted by atomic mass is 9.91. The van der Waals surface area contributed by atoms with Gasteiger partial charge in [-0.15, -0.1) is 0 Å². The molecule has 3 aliphatic rings. The number of alkyl carbamates (subject to hydrolysis) is 1. The van der Waals surface area contributed by atoms with Gasteiger partial charge in [-0.3, -0.25) is 33.6 Å². The van der Waals surface area contributed by atoms with Crippen LogP contribution in [0.5, 0.6) is 5.75 Å². The molecular weight excluding hydrogens is 1040 g/mol. The number of carbonyl (C=O) groups excluding carboxylic acids is 8. The van der Waals surface area contributed by atoms with E-state index in [4.69, 9.17) is 22.1 Å². The lowest BCUT2D eigenvalue weighted by Crippen LogP contribution is -2.57. The number of halogens is 1. The fourth-order valence-electron chi connectivity index (χ4n) is 10.5. The SMILES string of the molecule is Cc1ccc2cc1-c1cc(ccc1O)C[C@@H](C(=O)N[C@@H](C)C(=O)N1CCCC1)NC(=O)[C@H](C)NC(=O)[C@H]2N(C)C(=O)[C@H](CCCC(N)C1CCN(C(=O)[C@H](C)NC(=O)OC(C)(C)C)C1)NC(=O)c1ccc(-c2ccc(Cl)cc2)cc1. The first-order chi connectivity index (χ1) is 37.9. The third kappa shape index (κ3) is 15.2. The topological polar surface area (TPSA) is 262 Å². The standard InChI is InChI=1S/C60H76ClN9O10/c1-34-14-16-42-32-45(34)46-30-38(15-25-50(46)71)31-49(54(74)64-36(3)56(76)69-27-9-10-28-69)67-52(72)35(2)63-55(75)51(42)68(8)58(78)48(66-53(73)41-19-17-39(18-20-41)40-21-23-44(61)24-22-40)13-11-12-47(62)43-26-29-70(33-43)57(77)37(4)65-59(79)80-60(5,6)7/h14-25,30,32,35-37,43,47-49,51,71H,9-13,26-29,31,33,62H2,1-8H3,(H,63,75)(H,64,74)(H,65,79)(H,66,73)(H,67,72)/t35-,36-,37-,43?,47?,48-,49-,51-/m0/s1. The van der Waals surface area contributed by atoms with E-state index in [1.807, 2.05) is 19.1 Å². The van der Waals surface area contributed by atoms with Crippen LogP contribution in [0, 0.1) is 12.8 Å². The molecule has 7 rings (SSSR count). The van der Waals surface area contributed by atoms with Crippen LogP contribution in [0.25, 0.3) is 22.3 Å². The van der Waals surface area contributed by atoms with E-state index in [0.717, 1.165) is 29.5 Å². The van der Waals surface area contributed by atoms with Crippen molar-refractivity contribution < 1.29 is 48.2 Å². The number of amides is 8. The molecule has 0 aromatic heterocycles. The molecule has 428 valence electrons. The molecule has 4 bridgehead atoms. The number of nitrogens with two attached hydrogens (primary N) is 1. The third-order valence-corrected chi connectivity index (χ3v) is 15.3. The van der Waals surface area contributed by atoms with Crippen LogP contribution in [-0.2, 0) is 39.9 Å². The summed E-state index contributed by atoms with van der Waals surface area (Å²) in [7, 11) is 1.44. The Balaban J connectivity index is 1.14. The Hall–Kier alpha value is -7.51. The predicted molar refractivity (Wildman–Crippen MR) is 304 cm³/mol. The lowest BCUT2D eigenvalue weighted by Gasteiger charge is -2.33. The van der Waals surface area contributed by atoms with Gasteiger partial charge < -0.3 is 56.9 Å². The summed E-state index contributed by atoms with van der Waals surface area (Å²) in [4.78, 5) is 116. The smallest absolute Gasteiger partial charge is 0.408 e. The lowest BCUT2D eigenvalue weighted by molar-refractivity contribution is -0.141. The van der Waals surface area contributed by atoms with Crippen molar-refractivity contribution in [3.8, 4) is 28.0 Å². The van der Waals surface area contributed by atoms with Gasteiger partial charge in [-0.25, -0.2) is 4.79 Å². The number of carbonyl (C=O) groups is 8. The minimum atomic E-state index is -1.41. The molecule has 2 saturated heterocycles. The van der Waals surface area contributed by atoms with Gasteiger partial charge in [-0.05, 0) is 169 Å². The fraction of sp³-hybridized carbons (Fsp3) is 0.467. The van der Waals surface area contributed by atoms with Gasteiger partial charge in [0.05, 0.1) is 0 Å². The van der Waals surface area contributed by atoms with Crippen molar-refractivity contribution in [2.75, 3.05) is 33.2 Å². The van der Waals surface area contributed by atoms with E-state index in [0.29, 0.717) is 72.7 Å². The van der Waals surface area contributed by atoms with Gasteiger partial charge in [0, 0.05) is 61.8 Å². The second kappa shape index (κ2) is 26.2. The number of phenols is 1. The van der Waals surface area contributed by atoms with Crippen LogP contribution in [0.15, 0.2) is 84.9 Å². The van der Waals surface area contributed by atoms with Crippen LogP contribution >= 0.6 is 11.6 Å². The number of nitrogens with one attached hydrogen (secondary N) is 5. The van der Waals surface area contributed by atoms with Crippen molar-refractivity contribution in [1.29, 1.82) is 0 Å². The second-order valence-electron chi connectivity index (χ2n) is 22.4. The van der Waals surface area contributed by atoms with Gasteiger partial charge in [-0.1, -0.05) is 54.1 Å². The summed E-state index contributed by atoms with van der Waals surface area (Å²) in [5.41, 5.74) is 10.6. The van der Waals surface area contributed by atoms with E-state index in [1.54, 1.807) is 111 Å². The van der Waals surface area contributed by atoms with Gasteiger partial charge in [0.25, 0.3) is 5.91 Å². The molecule has 3 aliphatic heterocycles. The summed E-state index contributed by atoms with van der Waals surface area (Å²) in [5, 5.41) is 25.8. The number of fused-ring (bicyclic) bond motifs is 5. The highest BCUT2D eigenvalue weighted by Crippen LogP contribution is 2.36. The van der Waals surface area contributed by atoms with Gasteiger partial charge >= 0.3 is 6.09 Å². The number of ether oxygens (including phenoxy) is 1. The average Bonchev–Trinajstić information content (AvgIpc) is 4.16. The average molecular weight is 1120 g/mol. The first-order valence-electron chi connectivity index (χ1n) is 27.5. The monoisotopic (exact) mass is 1120 g/mol. The number of nitrogens with zero attached hydrogens (tertiary/aromatic N) is 3. The Labute approximate surface area is 473 Å². The molecule has 19 nitrogen and oxygen atoms in total. The van der Waals surface area contributed by atoms with E-state index in [9.17, 15) is 38.7 Å². The van der Waals surface area contributed by atoms with Crippen LogP contribution in [-0.4, -0.2) is 142 Å². The zero-order chi connectivity index (χ0) is 58.2. The van der Waals surface area contributed by atoms with Gasteiger partial charge in [0.15, 0.2) is 0 Å². The summed E-state index contributed by atoms with van der Waals surface area (Å²) >= 11 is 6.13. The molecule has 0 radical (unpaired) electrons. The van der Waals surface area contributed by atoms with Gasteiger partial charge in [0.1, 0.15) is 47.6 Å². The van der Waals surface area contributed by atoms with Crippen molar-refractivity contribution in [1.82, 2.24) is 41.3 Å². The van der Waals surface area contributed by atoms with Crippen LogP contribution in [0.4, 0.5) is 4.79 Å². The summed E-state index contributed by atoms with van der Waals surface area (Å²) in [6.07, 6.45) is 2.48. The number of rotatable bonds is 15. The Kier molecular flexibility index (Phi) is 19.7. The Morgan fingerprint density at radius 3 is 2.10 bits per heavy atom. The first-order valence-corrected chi connectivity index (χ1v) is 27.8. The van der Waals surface area contributed by atoms with Crippen molar-refractivity contribution in [3.05, 3.63) is 112 Å². The van der Waals surface area contributed by atoms with Crippen LogP contribution in [0.2, 0.25) is 5.02 Å². The highest BCUT2D eigenvalue weighted by molar-refractivity contribution is 6.30. The van der Waals surface area contributed by atoms with E-state index in [2.05, 4.69) is 26.6 Å². The van der Waals surface area contributed by atoms with E-state index < -0.39 is 83.5 Å². The molecule has 3 heterocycles. The summed E-state index contributed by atoms with van der Waals surface area (Å²) in [5.74, 6) is -3.97. The Morgan fingerprint density at radius 2 is 1.44 bits per heavy atom. The maximum Gasteiger partial charge on any atom is 0.408 e. The van der Waals surface area contributed by atoms with Crippen LogP contribution in [0.1, 0.15) is 113 Å². The summed E-state index contributed by atoms with van der Waals surface area (Å²) < 4.78 is 5.33. The maximum atomic E-state index is 15.2. The minimum Gasteiger partial charge on any atom is -0.507 e. The highest BCUT2D eigenvalue weighted by Gasteiger charge is 2.38. The molecule has 0 spiro atoms. The summed E-state index contributed by atoms with van der Waals surface area (Å²) in [6.45, 7) is 13.7. The molecule has 8 amide bonds. The molecule has 2 unspecified atom stereocenters. The number of aromatic hydroxyl groups is 1. The van der Waals surface area contributed by atoms with Crippen molar-refractivity contribution in [2.45, 2.75) is 141 Å². The molecule has 4 aromatic carbocycles. The first kappa shape index (κ1) is 60.1. The zero-order valence-corrected chi connectivity index (χ0v) is 47.7. The molecule has 8 atom stereocenters. The third-order valence-electron chi connectivity index (χ3n) is 15.1. The summed E-state index contributed by atoms with van der Waals surface area (Å²) in [6, 6.07) is 16.9. The maximum absolute atomic E-state index is 15.2. The number of hydrogen-bond acceptors (Lipinski definition) is 11. The number of aryl methyl sites for hydroxylation is 1. The second-order valence-corrected chi connectivity index (χ2v) is 22.9. The molecule has 0 aliphatic carbocycles. The Bertz CT molecular complexity index is 2940. The largest absolute Gasteiger partial charge is 0.507 e. The molecule has 8 N–H and O–H groups in total. The quantitative estimate of drug-likeness (QED) is 0.0735. The molecule has 0 saturated carbocycles. The molecular formula is C60H76ClN9O10. The number of hydrogen-bond donors (Lipinski definition) is 7. The van der Waals surface area contributed by atoms with Crippen molar-refractivity contribution in [3.63, 3.8) is 0 Å². The van der Waals surface area contributed by atoms with E-state index >= 15 is 4.79 Å². The number of likely N-dealkylation sites (N-methyl/N-ethyl adjacent to an activating group) is 1. The van der Waals surface area contributed by atoms with Gasteiger partial charge in [0.2, 0.25) is 35.4 Å². The minimum absolute atomic E-state index is 0.0214. The molecule has 80 heavy (non-hydrogen) atoms. The molecule has 4 aromatic rings. The molecule has 2 fully saturated rings. The van der Waals surface area contributed by atoms with Gasteiger partial charge in [-0.2, -0.15) is 0 Å². The predicted octanol–water partition coefficient (Wildman–Crippen LogP) is 5.92. The van der Waals surface area contributed by atoms with Crippen LogP contribution in [0.3, 0.4) is 0 Å². The Morgan fingerprint density at radius 1 is 0.800 bits per heavy atom. The highest BCUT2D eigenvalue weighted by atomic mass is 35.5. The van der Waals surface area contributed by atoms with Crippen molar-refractivity contribution in [2.24, 2.45) is 11.7 Å². The fourth-order valence-corrected chi connectivity index (χ4v) is 10.7. The van der Waals surface area contributed by atoms with Crippen LogP contribution < -0.4 is 32.3 Å². The van der Waals surface area contributed by atoms with Crippen molar-refractivity contribution >= 4 is 59.0 Å². The number of benzene rings is 4. The van der Waals surface area contributed by atoms with E-state index in [1.165, 1.54) is 24.9 Å². The zero-order valence-electron chi connectivity index (χ0n) is 46.9. The molecule has 20 heteroatoms. The van der Waals surface area contributed by atoms with E-state index in [-0.39, 0.29) is 41.9 Å². The number of likely N-dealkylation sites (tertiary alicyclic amines) is 2.